The molecule has 3 rings (SSSR count). The van der Waals surface area contributed by atoms with E-state index in [9.17, 15) is 14.7 Å². The molecule has 1 saturated heterocycles. The molecule has 19 heavy (non-hydrogen) atoms. The first kappa shape index (κ1) is 12.2. The zero-order chi connectivity index (χ0) is 13.4. The molecular formula is C13H12N2O3S. The number of aromatic nitrogens is 1. The summed E-state index contributed by atoms with van der Waals surface area (Å²) in [5.74, 6) is -1.11. The predicted octanol–water partition coefficient (Wildman–Crippen LogP) is 1.86. The molecule has 0 aromatic carbocycles. The summed E-state index contributed by atoms with van der Waals surface area (Å²) in [4.78, 5) is 30.1. The minimum atomic E-state index is -1.02. The minimum absolute atomic E-state index is 0.0837. The predicted molar refractivity (Wildman–Crippen MR) is 69.2 cm³/mol. The van der Waals surface area contributed by atoms with Gasteiger partial charge in [-0.1, -0.05) is 11.8 Å². The van der Waals surface area contributed by atoms with Crippen LogP contribution >= 0.6 is 11.8 Å². The fraction of sp³-hybridized carbons (Fsp3) is 0.308. The summed E-state index contributed by atoms with van der Waals surface area (Å²) in [5.41, 5.74) is 0.161. The zero-order valence-corrected chi connectivity index (χ0v) is 10.9. The lowest BCUT2D eigenvalue weighted by Crippen LogP contribution is -2.55. The molecule has 2 aliphatic rings. The minimum Gasteiger partial charge on any atom is -0.477 e. The summed E-state index contributed by atoms with van der Waals surface area (Å²) in [7, 11) is 0. The van der Waals surface area contributed by atoms with E-state index in [1.165, 1.54) is 16.7 Å². The van der Waals surface area contributed by atoms with Crippen molar-refractivity contribution in [2.45, 2.75) is 30.2 Å². The van der Waals surface area contributed by atoms with Gasteiger partial charge in [0.15, 0.2) is 0 Å². The maximum atomic E-state index is 11.6. The van der Waals surface area contributed by atoms with E-state index >= 15 is 0 Å². The van der Waals surface area contributed by atoms with Crippen LogP contribution in [0.1, 0.15) is 19.3 Å². The number of hydrogen-bond donors (Lipinski definition) is 1. The van der Waals surface area contributed by atoms with E-state index in [0.717, 1.165) is 16.2 Å². The first-order valence-electron chi connectivity index (χ1n) is 6.03. The second-order valence-corrected chi connectivity index (χ2v) is 5.69. The van der Waals surface area contributed by atoms with Crippen molar-refractivity contribution in [2.75, 3.05) is 0 Å². The van der Waals surface area contributed by atoms with Crippen LogP contribution in [0.5, 0.6) is 0 Å². The number of nitrogens with zero attached hydrogens (tertiary/aromatic N) is 2. The molecule has 3 heterocycles. The average Bonchev–Trinajstić information content (AvgIpc) is 2.39. The maximum Gasteiger partial charge on any atom is 0.353 e. The summed E-state index contributed by atoms with van der Waals surface area (Å²) in [6.45, 7) is 0. The van der Waals surface area contributed by atoms with Gasteiger partial charge in [0, 0.05) is 34.7 Å². The second-order valence-electron chi connectivity index (χ2n) is 4.52. The third-order valence-corrected chi connectivity index (χ3v) is 4.50. The van der Waals surface area contributed by atoms with Gasteiger partial charge in [-0.2, -0.15) is 0 Å². The van der Waals surface area contributed by atoms with Gasteiger partial charge < -0.3 is 10.0 Å². The molecular weight excluding hydrogens is 264 g/mol. The molecule has 0 radical (unpaired) electrons. The average molecular weight is 276 g/mol. The number of fused-ring (bicyclic) bond motifs is 1. The second kappa shape index (κ2) is 4.70. The first-order valence-corrected chi connectivity index (χ1v) is 6.85. The van der Waals surface area contributed by atoms with Crippen LogP contribution in [0.25, 0.3) is 0 Å². The fourth-order valence-electron chi connectivity index (χ4n) is 2.44. The fourth-order valence-corrected chi connectivity index (χ4v) is 3.49. The lowest BCUT2D eigenvalue weighted by molar-refractivity contribution is -0.150. The van der Waals surface area contributed by atoms with Crippen molar-refractivity contribution in [3.05, 3.63) is 35.1 Å². The Morgan fingerprint density at radius 3 is 2.79 bits per heavy atom. The van der Waals surface area contributed by atoms with E-state index in [4.69, 9.17) is 0 Å². The Balaban J connectivity index is 1.94. The number of carbonyl (C=O) groups is 2. The highest BCUT2D eigenvalue weighted by Crippen LogP contribution is 2.42. The number of amides is 1. The highest BCUT2D eigenvalue weighted by molar-refractivity contribution is 8.03. The first-order chi connectivity index (χ1) is 9.16. The highest BCUT2D eigenvalue weighted by atomic mass is 32.2. The monoisotopic (exact) mass is 276 g/mol. The number of carboxylic acids is 1. The topological polar surface area (TPSA) is 70.5 Å². The number of β-lactam (4-membered cyclic amide) rings is 1. The van der Waals surface area contributed by atoms with Crippen LogP contribution in [0.4, 0.5) is 0 Å². The van der Waals surface area contributed by atoms with Crippen molar-refractivity contribution in [1.82, 2.24) is 9.88 Å². The quantitative estimate of drug-likeness (QED) is 0.853. The van der Waals surface area contributed by atoms with Crippen molar-refractivity contribution in [3.63, 3.8) is 0 Å². The Hall–Kier alpha value is -1.82. The number of carboxylic acid groups (broad SMARTS) is 1. The highest BCUT2D eigenvalue weighted by Gasteiger charge is 2.44. The van der Waals surface area contributed by atoms with Gasteiger partial charge >= 0.3 is 5.97 Å². The van der Waals surface area contributed by atoms with Crippen molar-refractivity contribution >= 4 is 23.6 Å². The smallest absolute Gasteiger partial charge is 0.353 e. The largest absolute Gasteiger partial charge is 0.477 e. The Labute approximate surface area is 114 Å². The maximum absolute atomic E-state index is 11.6. The summed E-state index contributed by atoms with van der Waals surface area (Å²) < 4.78 is 0. The normalized spacial score (nSPS) is 22.0. The van der Waals surface area contributed by atoms with Crippen LogP contribution in [-0.2, 0) is 9.59 Å². The SMILES string of the molecule is O=C(O)C1=C(Sc2ccncc2)CC[C@@H]2CC(=O)N12. The van der Waals surface area contributed by atoms with Gasteiger partial charge in [-0.3, -0.25) is 9.78 Å². The Bertz CT molecular complexity index is 571. The molecule has 1 aromatic rings. The summed E-state index contributed by atoms with van der Waals surface area (Å²) in [6, 6.07) is 3.75. The van der Waals surface area contributed by atoms with E-state index in [1.807, 2.05) is 12.1 Å². The molecule has 1 amide bonds. The van der Waals surface area contributed by atoms with Crippen molar-refractivity contribution < 1.29 is 14.7 Å². The molecule has 6 heteroatoms. The Morgan fingerprint density at radius 2 is 2.16 bits per heavy atom. The van der Waals surface area contributed by atoms with Crippen LogP contribution in [0, 0.1) is 0 Å². The van der Waals surface area contributed by atoms with E-state index < -0.39 is 5.97 Å². The molecule has 0 saturated carbocycles. The molecule has 1 aromatic heterocycles. The van der Waals surface area contributed by atoms with Gasteiger partial charge in [-0.05, 0) is 25.0 Å². The molecule has 5 nitrogen and oxygen atoms in total. The molecule has 1 atom stereocenters. The summed E-state index contributed by atoms with van der Waals surface area (Å²) in [6.07, 6.45) is 5.37. The number of pyridine rings is 1. The van der Waals surface area contributed by atoms with Crippen LogP contribution in [0.15, 0.2) is 40.0 Å². The molecule has 98 valence electrons. The number of aliphatic carboxylic acids is 1. The number of rotatable bonds is 3. The third kappa shape index (κ3) is 2.12. The van der Waals surface area contributed by atoms with Crippen LogP contribution in [0.2, 0.25) is 0 Å². The van der Waals surface area contributed by atoms with Crippen LogP contribution in [0.3, 0.4) is 0 Å². The summed E-state index contributed by atoms with van der Waals surface area (Å²) >= 11 is 1.41. The molecule has 0 unspecified atom stereocenters. The molecule has 1 N–H and O–H groups in total. The van der Waals surface area contributed by atoms with E-state index in [1.54, 1.807) is 12.4 Å². The Morgan fingerprint density at radius 1 is 1.42 bits per heavy atom. The van der Waals surface area contributed by atoms with Crippen molar-refractivity contribution in [2.24, 2.45) is 0 Å². The number of thioether (sulfide) groups is 1. The van der Waals surface area contributed by atoms with Gasteiger partial charge in [0.25, 0.3) is 0 Å². The van der Waals surface area contributed by atoms with Gasteiger partial charge in [0.1, 0.15) is 5.70 Å². The van der Waals surface area contributed by atoms with Crippen molar-refractivity contribution in [1.29, 1.82) is 0 Å². The lowest BCUT2D eigenvalue weighted by Gasteiger charge is -2.44. The third-order valence-electron chi connectivity index (χ3n) is 3.35. The van der Waals surface area contributed by atoms with Gasteiger partial charge in [0.2, 0.25) is 5.91 Å². The van der Waals surface area contributed by atoms with Crippen molar-refractivity contribution in [3.8, 4) is 0 Å². The molecule has 0 aliphatic carbocycles. The summed E-state index contributed by atoms with van der Waals surface area (Å²) in [5, 5.41) is 9.35. The molecule has 0 spiro atoms. The van der Waals surface area contributed by atoms with Crippen LogP contribution < -0.4 is 0 Å². The van der Waals surface area contributed by atoms with Gasteiger partial charge in [-0.15, -0.1) is 0 Å². The zero-order valence-electron chi connectivity index (χ0n) is 10.1. The van der Waals surface area contributed by atoms with Crippen LogP contribution in [-0.4, -0.2) is 32.9 Å². The number of allylic oxidation sites excluding steroid dienone is 1. The van der Waals surface area contributed by atoms with E-state index in [-0.39, 0.29) is 17.6 Å². The number of carbonyl (C=O) groups excluding carboxylic acids is 1. The molecule has 0 bridgehead atoms. The van der Waals surface area contributed by atoms with Gasteiger partial charge in [0.05, 0.1) is 0 Å². The molecule has 2 aliphatic heterocycles. The van der Waals surface area contributed by atoms with Gasteiger partial charge in [-0.25, -0.2) is 4.79 Å². The van der Waals surface area contributed by atoms with E-state index in [2.05, 4.69) is 4.98 Å². The molecule has 1 fully saturated rings. The lowest BCUT2D eigenvalue weighted by atomic mass is 9.91. The Kier molecular flexibility index (Phi) is 3.02. The standard InChI is InChI=1S/C13H12N2O3S/c16-11-7-8-1-2-10(12(13(17)18)15(8)11)19-9-3-5-14-6-4-9/h3-6,8H,1-2,7H2,(H,17,18)/t8-/m1/s1. The number of hydrogen-bond acceptors (Lipinski definition) is 4. The van der Waals surface area contributed by atoms with E-state index in [0.29, 0.717) is 12.8 Å².